The van der Waals surface area contributed by atoms with Crippen molar-refractivity contribution in [1.29, 1.82) is 0 Å². The molecule has 5 heteroatoms. The van der Waals surface area contributed by atoms with Gasteiger partial charge >= 0.3 is 0 Å². The van der Waals surface area contributed by atoms with Gasteiger partial charge in [-0.1, -0.05) is 18.3 Å². The first-order valence-electron chi connectivity index (χ1n) is 7.48. The van der Waals surface area contributed by atoms with Crippen LogP contribution in [-0.2, 0) is 0 Å². The minimum Gasteiger partial charge on any atom is -0.491 e. The van der Waals surface area contributed by atoms with Gasteiger partial charge in [0.15, 0.2) is 6.20 Å². The van der Waals surface area contributed by atoms with Crippen LogP contribution in [0.15, 0.2) is 30.6 Å². The molecule has 0 saturated heterocycles. The van der Waals surface area contributed by atoms with E-state index in [1.807, 2.05) is 12.4 Å². The number of rotatable bonds is 8. The molecule has 5 nitrogen and oxygen atoms in total. The Morgan fingerprint density at radius 1 is 1.24 bits per heavy atom. The summed E-state index contributed by atoms with van der Waals surface area (Å²) >= 11 is 0. The van der Waals surface area contributed by atoms with Gasteiger partial charge < -0.3 is 16.2 Å². The van der Waals surface area contributed by atoms with Crippen molar-refractivity contribution in [3.05, 3.63) is 30.6 Å². The standard InChI is InChI=1S/C16H24N4O/c1-2-3-5-16-19-8-10-20(16)9-4-11-21-15-12-13(17)6-7-14(15)18/h6-8,10,12H,2-5,9,11,17-18H2,1H3/q+1. The molecular weight excluding hydrogens is 264 g/mol. The number of ether oxygens (including phenoxy) is 1. The highest BCUT2D eigenvalue weighted by Crippen LogP contribution is 2.23. The van der Waals surface area contributed by atoms with E-state index in [9.17, 15) is 0 Å². The molecule has 1 aliphatic rings. The molecule has 1 aromatic rings. The summed E-state index contributed by atoms with van der Waals surface area (Å²) in [6.45, 7) is 3.71. The Hall–Kier alpha value is -2.17. The number of hydrogen-bond donors (Lipinski definition) is 2. The van der Waals surface area contributed by atoms with Crippen LogP contribution in [0.25, 0.3) is 0 Å². The Kier molecular flexibility index (Phi) is 5.49. The molecule has 1 aliphatic heterocycles. The molecule has 0 aromatic heterocycles. The number of aliphatic imine (C=N–C) groups is 1. The van der Waals surface area contributed by atoms with E-state index in [0.29, 0.717) is 23.7 Å². The third-order valence-electron chi connectivity index (χ3n) is 3.39. The molecule has 0 atom stereocenters. The second-order valence-electron chi connectivity index (χ2n) is 5.14. The first kappa shape index (κ1) is 15.2. The van der Waals surface area contributed by atoms with Crippen LogP contribution in [0.2, 0.25) is 0 Å². The average Bonchev–Trinajstić information content (AvgIpc) is 2.92. The molecule has 0 spiro atoms. The Bertz CT molecular complexity index is 525. The molecule has 4 N–H and O–H groups in total. The average molecular weight is 288 g/mol. The lowest BCUT2D eigenvalue weighted by molar-refractivity contribution is 0.300. The number of unbranched alkanes of at least 4 members (excludes halogenated alkanes) is 1. The quantitative estimate of drug-likeness (QED) is 0.568. The fourth-order valence-electron chi connectivity index (χ4n) is 2.20. The summed E-state index contributed by atoms with van der Waals surface area (Å²) in [4.78, 5) is 6.60. The first-order valence-corrected chi connectivity index (χ1v) is 7.48. The molecule has 21 heavy (non-hydrogen) atoms. The highest BCUT2D eigenvalue weighted by atomic mass is 16.5. The predicted molar refractivity (Wildman–Crippen MR) is 87.9 cm³/mol. The Morgan fingerprint density at radius 2 is 2.10 bits per heavy atom. The zero-order chi connectivity index (χ0) is 15.1. The van der Waals surface area contributed by atoms with Gasteiger partial charge in [0, 0.05) is 18.2 Å². The van der Waals surface area contributed by atoms with Gasteiger partial charge in [0.25, 0.3) is 5.84 Å². The number of amidine groups is 1. The Morgan fingerprint density at radius 3 is 2.90 bits per heavy atom. The van der Waals surface area contributed by atoms with Crippen molar-refractivity contribution in [2.45, 2.75) is 32.6 Å². The molecular formula is C16H24N4O+. The van der Waals surface area contributed by atoms with E-state index >= 15 is 0 Å². The number of anilines is 2. The number of benzene rings is 1. The van der Waals surface area contributed by atoms with E-state index < -0.39 is 0 Å². The molecule has 0 amide bonds. The maximum Gasteiger partial charge on any atom is 0.298 e. The Balaban J connectivity index is 1.73. The predicted octanol–water partition coefficient (Wildman–Crippen LogP) is 2.33. The minimum atomic E-state index is 0.610. The topological polar surface area (TPSA) is 78.6 Å². The molecule has 0 saturated carbocycles. The lowest BCUT2D eigenvalue weighted by Crippen LogP contribution is -2.27. The van der Waals surface area contributed by atoms with Crippen LogP contribution >= 0.6 is 0 Å². The highest BCUT2D eigenvalue weighted by Gasteiger charge is 2.22. The molecule has 2 rings (SSSR count). The van der Waals surface area contributed by atoms with Gasteiger partial charge in [0.1, 0.15) is 11.9 Å². The molecule has 1 heterocycles. The summed E-state index contributed by atoms with van der Waals surface area (Å²) in [6.07, 6.45) is 8.19. The molecule has 1 radical (unpaired) electrons. The fourth-order valence-corrected chi connectivity index (χ4v) is 2.20. The van der Waals surface area contributed by atoms with Crippen LogP contribution in [0.3, 0.4) is 0 Å². The van der Waals surface area contributed by atoms with E-state index in [-0.39, 0.29) is 0 Å². The first-order chi connectivity index (χ1) is 10.2. The largest absolute Gasteiger partial charge is 0.491 e. The van der Waals surface area contributed by atoms with Crippen LogP contribution in [0.4, 0.5) is 11.4 Å². The molecule has 113 valence electrons. The minimum absolute atomic E-state index is 0.610. The van der Waals surface area contributed by atoms with Gasteiger partial charge in [-0.05, 0) is 18.6 Å². The number of hydrogen-bond acceptors (Lipinski definition) is 5. The summed E-state index contributed by atoms with van der Waals surface area (Å²) in [5, 5.41) is 0. The molecule has 0 unspecified atom stereocenters. The van der Waals surface area contributed by atoms with Gasteiger partial charge in [0.05, 0.1) is 25.3 Å². The molecule has 0 bridgehead atoms. The van der Waals surface area contributed by atoms with Crippen molar-refractivity contribution in [2.24, 2.45) is 0 Å². The van der Waals surface area contributed by atoms with Crippen LogP contribution in [-0.4, -0.2) is 23.9 Å². The van der Waals surface area contributed by atoms with E-state index in [4.69, 9.17) is 16.2 Å². The van der Waals surface area contributed by atoms with E-state index in [0.717, 1.165) is 25.2 Å². The van der Waals surface area contributed by atoms with E-state index in [1.165, 1.54) is 12.8 Å². The maximum absolute atomic E-state index is 5.85. The fraction of sp³-hybridized carbons (Fsp3) is 0.438. The van der Waals surface area contributed by atoms with Crippen molar-refractivity contribution in [2.75, 3.05) is 24.6 Å². The SMILES string of the molecule is CCCCC1=[N+]C=CN1CCCOc1cc(N)ccc1N. The lowest BCUT2D eigenvalue weighted by Gasteiger charge is -2.12. The van der Waals surface area contributed by atoms with Crippen molar-refractivity contribution in [1.82, 2.24) is 9.89 Å². The van der Waals surface area contributed by atoms with E-state index in [1.54, 1.807) is 18.2 Å². The van der Waals surface area contributed by atoms with Gasteiger partial charge in [-0.2, -0.15) is 0 Å². The number of nitrogen functional groups attached to an aromatic ring is 2. The number of nitrogens with two attached hydrogens (primary N) is 2. The van der Waals surface area contributed by atoms with Gasteiger partial charge in [-0.3, -0.25) is 0 Å². The van der Waals surface area contributed by atoms with Crippen LogP contribution in [0, 0.1) is 0 Å². The third kappa shape index (κ3) is 4.41. The summed E-state index contributed by atoms with van der Waals surface area (Å²) < 4.78 is 5.70. The zero-order valence-electron chi connectivity index (χ0n) is 12.6. The summed E-state index contributed by atoms with van der Waals surface area (Å²) in [5.74, 6) is 1.81. The van der Waals surface area contributed by atoms with Crippen molar-refractivity contribution < 1.29 is 4.74 Å². The Labute approximate surface area is 126 Å². The highest BCUT2D eigenvalue weighted by molar-refractivity contribution is 5.84. The van der Waals surface area contributed by atoms with Crippen LogP contribution in [0.1, 0.15) is 32.6 Å². The van der Waals surface area contributed by atoms with Crippen molar-refractivity contribution in [3.63, 3.8) is 0 Å². The molecule has 0 aliphatic carbocycles. The molecule has 1 aromatic carbocycles. The lowest BCUT2D eigenvalue weighted by atomic mass is 10.2. The van der Waals surface area contributed by atoms with Gasteiger partial charge in [0.2, 0.25) is 0 Å². The van der Waals surface area contributed by atoms with Crippen LogP contribution < -0.4 is 21.2 Å². The monoisotopic (exact) mass is 288 g/mol. The third-order valence-corrected chi connectivity index (χ3v) is 3.39. The van der Waals surface area contributed by atoms with E-state index in [2.05, 4.69) is 16.8 Å². The summed E-state index contributed by atoms with van der Waals surface area (Å²) in [7, 11) is 0. The van der Waals surface area contributed by atoms with Crippen molar-refractivity contribution >= 4 is 17.2 Å². The summed E-state index contributed by atoms with van der Waals surface area (Å²) in [6, 6.07) is 5.30. The normalized spacial score (nSPS) is 13.6. The van der Waals surface area contributed by atoms with Crippen molar-refractivity contribution in [3.8, 4) is 5.75 Å². The summed E-state index contributed by atoms with van der Waals surface area (Å²) in [5.41, 5.74) is 12.9. The number of nitrogens with zero attached hydrogens (tertiary/aromatic N) is 2. The smallest absolute Gasteiger partial charge is 0.298 e. The van der Waals surface area contributed by atoms with Crippen LogP contribution in [0.5, 0.6) is 5.75 Å². The zero-order valence-corrected chi connectivity index (χ0v) is 12.6. The van der Waals surface area contributed by atoms with Gasteiger partial charge in [-0.15, -0.1) is 0 Å². The molecule has 0 fully saturated rings. The maximum atomic E-state index is 5.85. The second kappa shape index (κ2) is 7.57. The van der Waals surface area contributed by atoms with Gasteiger partial charge in [-0.25, -0.2) is 4.90 Å². The second-order valence-corrected chi connectivity index (χ2v) is 5.14.